The molecule has 0 spiro atoms. The molecule has 1 rings (SSSR count). The first-order valence-electron chi connectivity index (χ1n) is 5.83. The number of amides is 1. The van der Waals surface area contributed by atoms with Crippen LogP contribution in [0.5, 0.6) is 0 Å². The predicted molar refractivity (Wildman–Crippen MR) is 67.8 cm³/mol. The number of benzene rings is 1. The second-order valence-electron chi connectivity index (χ2n) is 4.01. The van der Waals surface area contributed by atoms with Crippen LogP contribution in [-0.4, -0.2) is 25.2 Å². The van der Waals surface area contributed by atoms with E-state index in [1.807, 2.05) is 25.1 Å². The molecule has 1 atom stereocenters. The summed E-state index contributed by atoms with van der Waals surface area (Å²) in [6, 6.07) is 7.61. The molecule has 4 heteroatoms. The molecule has 0 saturated carbocycles. The van der Waals surface area contributed by atoms with Crippen LogP contribution in [0.4, 0.5) is 0 Å². The van der Waals surface area contributed by atoms with Crippen LogP contribution in [0.3, 0.4) is 0 Å². The molecular weight excluding hydrogens is 216 g/mol. The fourth-order valence-electron chi connectivity index (χ4n) is 1.48. The van der Waals surface area contributed by atoms with Crippen molar-refractivity contribution >= 4 is 5.91 Å². The number of nitrogens with two attached hydrogens (primary N) is 1. The Morgan fingerprint density at radius 2 is 2.29 bits per heavy atom. The fraction of sp³-hybridized carbons (Fsp3) is 0.462. The Labute approximate surface area is 102 Å². The summed E-state index contributed by atoms with van der Waals surface area (Å²) in [5.41, 5.74) is 6.81. The number of hydrogen-bond acceptors (Lipinski definition) is 3. The summed E-state index contributed by atoms with van der Waals surface area (Å²) in [6.07, 6.45) is 0. The topological polar surface area (TPSA) is 64.3 Å². The van der Waals surface area contributed by atoms with Gasteiger partial charge in [-0.3, -0.25) is 4.79 Å². The van der Waals surface area contributed by atoms with Gasteiger partial charge in [-0.05, 0) is 31.5 Å². The van der Waals surface area contributed by atoms with Gasteiger partial charge in [0, 0.05) is 24.8 Å². The summed E-state index contributed by atoms with van der Waals surface area (Å²) in [5.74, 6) is -0.394. The van der Waals surface area contributed by atoms with Crippen molar-refractivity contribution < 1.29 is 9.53 Å². The number of primary amides is 1. The lowest BCUT2D eigenvalue weighted by Crippen LogP contribution is -2.30. The third-order valence-electron chi connectivity index (χ3n) is 2.44. The van der Waals surface area contributed by atoms with Crippen LogP contribution >= 0.6 is 0 Å². The molecule has 1 amide bonds. The highest BCUT2D eigenvalue weighted by molar-refractivity contribution is 5.92. The first-order chi connectivity index (χ1) is 8.13. The maximum absolute atomic E-state index is 11.0. The Balaban J connectivity index is 2.46. The molecule has 1 unspecified atom stereocenters. The van der Waals surface area contributed by atoms with E-state index in [0.29, 0.717) is 18.7 Å². The normalized spacial score (nSPS) is 12.4. The lowest BCUT2D eigenvalue weighted by Gasteiger charge is -2.13. The maximum Gasteiger partial charge on any atom is 0.248 e. The van der Waals surface area contributed by atoms with Gasteiger partial charge in [0.15, 0.2) is 0 Å². The van der Waals surface area contributed by atoms with E-state index in [2.05, 4.69) is 12.2 Å². The zero-order valence-electron chi connectivity index (χ0n) is 10.4. The molecule has 0 aromatic heterocycles. The summed E-state index contributed by atoms with van der Waals surface area (Å²) < 4.78 is 5.31. The molecule has 0 saturated heterocycles. The number of nitrogens with one attached hydrogen (secondary N) is 1. The Hall–Kier alpha value is -1.39. The Morgan fingerprint density at radius 3 is 2.94 bits per heavy atom. The maximum atomic E-state index is 11.0. The molecule has 17 heavy (non-hydrogen) atoms. The third kappa shape index (κ3) is 4.97. The fourth-order valence-corrected chi connectivity index (χ4v) is 1.48. The van der Waals surface area contributed by atoms with Gasteiger partial charge in [-0.25, -0.2) is 0 Å². The largest absolute Gasteiger partial charge is 0.380 e. The van der Waals surface area contributed by atoms with Crippen molar-refractivity contribution in [3.63, 3.8) is 0 Å². The van der Waals surface area contributed by atoms with Crippen LogP contribution in [0.15, 0.2) is 24.3 Å². The minimum Gasteiger partial charge on any atom is -0.380 e. The molecule has 0 heterocycles. The number of rotatable bonds is 7. The zero-order valence-corrected chi connectivity index (χ0v) is 10.4. The van der Waals surface area contributed by atoms with Crippen molar-refractivity contribution in [3.8, 4) is 0 Å². The highest BCUT2D eigenvalue weighted by Crippen LogP contribution is 2.04. The molecule has 1 aromatic rings. The van der Waals surface area contributed by atoms with Crippen LogP contribution < -0.4 is 11.1 Å². The molecule has 1 aromatic carbocycles. The minimum atomic E-state index is -0.394. The van der Waals surface area contributed by atoms with E-state index in [1.165, 1.54) is 0 Å². The molecule has 0 fully saturated rings. The van der Waals surface area contributed by atoms with Crippen LogP contribution in [0.2, 0.25) is 0 Å². The molecule has 4 nitrogen and oxygen atoms in total. The first kappa shape index (κ1) is 13.7. The molecule has 0 aliphatic carbocycles. The monoisotopic (exact) mass is 236 g/mol. The molecule has 0 aliphatic heterocycles. The van der Waals surface area contributed by atoms with E-state index in [9.17, 15) is 4.79 Å². The van der Waals surface area contributed by atoms with Crippen LogP contribution in [0, 0.1) is 0 Å². The quantitative estimate of drug-likeness (QED) is 0.750. The number of ether oxygens (including phenoxy) is 1. The van der Waals surface area contributed by atoms with Gasteiger partial charge in [0.2, 0.25) is 5.91 Å². The summed E-state index contributed by atoms with van der Waals surface area (Å²) >= 11 is 0. The summed E-state index contributed by atoms with van der Waals surface area (Å²) in [5, 5.41) is 3.32. The SMILES string of the molecule is CCOCC(C)NCc1cccc(C(N)=O)c1. The number of hydrogen-bond donors (Lipinski definition) is 2. The highest BCUT2D eigenvalue weighted by atomic mass is 16.5. The average Bonchev–Trinajstić information content (AvgIpc) is 2.34. The molecular formula is C13H20N2O2. The third-order valence-corrected chi connectivity index (χ3v) is 2.44. The summed E-state index contributed by atoms with van der Waals surface area (Å²) in [7, 11) is 0. The lowest BCUT2D eigenvalue weighted by molar-refractivity contribution is 0.1000. The van der Waals surface area contributed by atoms with E-state index in [4.69, 9.17) is 10.5 Å². The van der Waals surface area contributed by atoms with Gasteiger partial charge in [0.05, 0.1) is 6.61 Å². The van der Waals surface area contributed by atoms with Gasteiger partial charge in [0.1, 0.15) is 0 Å². The second-order valence-corrected chi connectivity index (χ2v) is 4.01. The van der Waals surface area contributed by atoms with E-state index >= 15 is 0 Å². The van der Waals surface area contributed by atoms with Crippen molar-refractivity contribution in [1.29, 1.82) is 0 Å². The van der Waals surface area contributed by atoms with E-state index in [0.717, 1.165) is 12.2 Å². The zero-order chi connectivity index (χ0) is 12.7. The van der Waals surface area contributed by atoms with Gasteiger partial charge in [-0.1, -0.05) is 12.1 Å². The molecule has 0 radical (unpaired) electrons. The van der Waals surface area contributed by atoms with Gasteiger partial charge >= 0.3 is 0 Å². The Bertz CT molecular complexity index is 366. The number of carbonyl (C=O) groups excluding carboxylic acids is 1. The van der Waals surface area contributed by atoms with Gasteiger partial charge in [-0.2, -0.15) is 0 Å². The standard InChI is InChI=1S/C13H20N2O2/c1-3-17-9-10(2)15-8-11-5-4-6-12(7-11)13(14)16/h4-7,10,15H,3,8-9H2,1-2H3,(H2,14,16). The van der Waals surface area contributed by atoms with E-state index in [1.54, 1.807) is 6.07 Å². The summed E-state index contributed by atoms with van der Waals surface area (Å²) in [4.78, 5) is 11.0. The molecule has 0 bridgehead atoms. The minimum absolute atomic E-state index is 0.284. The van der Waals surface area contributed by atoms with Crippen molar-refractivity contribution in [2.45, 2.75) is 26.4 Å². The Kier molecular flexibility index (Phi) is 5.66. The molecule has 3 N–H and O–H groups in total. The van der Waals surface area contributed by atoms with Crippen LogP contribution in [-0.2, 0) is 11.3 Å². The summed E-state index contributed by atoms with van der Waals surface area (Å²) in [6.45, 7) is 6.15. The smallest absolute Gasteiger partial charge is 0.248 e. The second kappa shape index (κ2) is 7.04. The average molecular weight is 236 g/mol. The Morgan fingerprint density at radius 1 is 1.53 bits per heavy atom. The van der Waals surface area contributed by atoms with E-state index in [-0.39, 0.29) is 6.04 Å². The van der Waals surface area contributed by atoms with Crippen LogP contribution in [0.25, 0.3) is 0 Å². The lowest BCUT2D eigenvalue weighted by atomic mass is 10.1. The molecule has 0 aliphatic rings. The van der Waals surface area contributed by atoms with Crippen molar-refractivity contribution in [2.24, 2.45) is 5.73 Å². The highest BCUT2D eigenvalue weighted by Gasteiger charge is 2.03. The van der Waals surface area contributed by atoms with Crippen LogP contribution in [0.1, 0.15) is 29.8 Å². The predicted octanol–water partition coefficient (Wildman–Crippen LogP) is 1.30. The first-order valence-corrected chi connectivity index (χ1v) is 5.83. The van der Waals surface area contributed by atoms with Gasteiger partial charge < -0.3 is 15.8 Å². The van der Waals surface area contributed by atoms with Gasteiger partial charge in [0.25, 0.3) is 0 Å². The van der Waals surface area contributed by atoms with Crippen molar-refractivity contribution in [3.05, 3.63) is 35.4 Å². The number of carbonyl (C=O) groups is 1. The van der Waals surface area contributed by atoms with Crippen molar-refractivity contribution in [1.82, 2.24) is 5.32 Å². The van der Waals surface area contributed by atoms with Gasteiger partial charge in [-0.15, -0.1) is 0 Å². The van der Waals surface area contributed by atoms with E-state index < -0.39 is 5.91 Å². The molecule has 94 valence electrons. The van der Waals surface area contributed by atoms with Crippen molar-refractivity contribution in [2.75, 3.05) is 13.2 Å².